The van der Waals surface area contributed by atoms with E-state index < -0.39 is 6.10 Å². The van der Waals surface area contributed by atoms with Crippen molar-refractivity contribution in [3.05, 3.63) is 53.6 Å². The fraction of sp³-hybridized carbons (Fsp3) is 0.316. The summed E-state index contributed by atoms with van der Waals surface area (Å²) < 4.78 is 11.2. The van der Waals surface area contributed by atoms with E-state index in [4.69, 9.17) is 9.47 Å². The van der Waals surface area contributed by atoms with Crippen LogP contribution in [0.5, 0.6) is 11.5 Å². The Balaban J connectivity index is 2.01. The molecule has 1 atom stereocenters. The minimum absolute atomic E-state index is 0.196. The van der Waals surface area contributed by atoms with Gasteiger partial charge in [0.15, 0.2) is 6.10 Å². The summed E-state index contributed by atoms with van der Waals surface area (Å²) in [6, 6.07) is 13.2. The van der Waals surface area contributed by atoms with Gasteiger partial charge in [-0.3, -0.25) is 4.79 Å². The molecule has 122 valence electrons. The van der Waals surface area contributed by atoms with Crippen molar-refractivity contribution < 1.29 is 14.3 Å². The fourth-order valence-electron chi connectivity index (χ4n) is 2.25. The molecule has 0 fully saturated rings. The molecular weight excluding hydrogens is 290 g/mol. The summed E-state index contributed by atoms with van der Waals surface area (Å²) >= 11 is 0. The first-order valence-electron chi connectivity index (χ1n) is 7.77. The molecule has 4 heteroatoms. The van der Waals surface area contributed by atoms with Gasteiger partial charge in [-0.2, -0.15) is 0 Å². The van der Waals surface area contributed by atoms with Crippen molar-refractivity contribution in [2.75, 3.05) is 11.9 Å². The first kappa shape index (κ1) is 16.9. The Kier molecular flexibility index (Phi) is 5.63. The van der Waals surface area contributed by atoms with Crippen LogP contribution in [0.4, 0.5) is 5.69 Å². The molecule has 0 bridgehead atoms. The molecule has 4 nitrogen and oxygen atoms in total. The van der Waals surface area contributed by atoms with E-state index in [-0.39, 0.29) is 5.91 Å². The minimum Gasteiger partial charge on any atom is -0.494 e. The molecule has 0 heterocycles. The third-order valence-electron chi connectivity index (χ3n) is 3.42. The average Bonchev–Trinajstić information content (AvgIpc) is 2.50. The summed E-state index contributed by atoms with van der Waals surface area (Å²) in [6.45, 7) is 8.24. The Morgan fingerprint density at radius 1 is 1.17 bits per heavy atom. The number of carbonyl (C=O) groups excluding carboxylic acids is 1. The van der Waals surface area contributed by atoms with Crippen LogP contribution in [0.2, 0.25) is 0 Å². The van der Waals surface area contributed by atoms with Crippen molar-refractivity contribution in [1.29, 1.82) is 0 Å². The van der Waals surface area contributed by atoms with Crippen LogP contribution in [0.3, 0.4) is 0 Å². The lowest BCUT2D eigenvalue weighted by atomic mass is 10.1. The van der Waals surface area contributed by atoms with Gasteiger partial charge in [0.1, 0.15) is 11.5 Å². The van der Waals surface area contributed by atoms with E-state index in [1.54, 1.807) is 13.0 Å². The minimum atomic E-state index is -0.591. The maximum absolute atomic E-state index is 12.3. The van der Waals surface area contributed by atoms with Crippen LogP contribution >= 0.6 is 0 Å². The average molecular weight is 313 g/mol. The van der Waals surface area contributed by atoms with Crippen LogP contribution in [-0.4, -0.2) is 18.6 Å². The van der Waals surface area contributed by atoms with E-state index in [1.165, 1.54) is 5.56 Å². The molecule has 0 radical (unpaired) electrons. The van der Waals surface area contributed by atoms with E-state index in [9.17, 15) is 4.79 Å². The molecule has 0 aliphatic carbocycles. The van der Waals surface area contributed by atoms with Gasteiger partial charge in [0, 0.05) is 11.8 Å². The fourth-order valence-corrected chi connectivity index (χ4v) is 2.25. The van der Waals surface area contributed by atoms with Crippen molar-refractivity contribution in [1.82, 2.24) is 0 Å². The van der Waals surface area contributed by atoms with Gasteiger partial charge >= 0.3 is 0 Å². The van der Waals surface area contributed by atoms with Crippen LogP contribution in [0.15, 0.2) is 42.5 Å². The smallest absolute Gasteiger partial charge is 0.265 e. The number of aryl methyl sites for hydroxylation is 2. The topological polar surface area (TPSA) is 47.6 Å². The number of benzene rings is 2. The van der Waals surface area contributed by atoms with Gasteiger partial charge in [-0.15, -0.1) is 0 Å². The second kappa shape index (κ2) is 7.68. The van der Waals surface area contributed by atoms with Crippen LogP contribution in [0.25, 0.3) is 0 Å². The molecule has 1 N–H and O–H groups in total. The van der Waals surface area contributed by atoms with E-state index in [1.807, 2.05) is 57.2 Å². The van der Waals surface area contributed by atoms with Crippen molar-refractivity contribution in [3.63, 3.8) is 0 Å². The zero-order valence-corrected chi connectivity index (χ0v) is 14.1. The number of hydrogen-bond donors (Lipinski definition) is 1. The van der Waals surface area contributed by atoms with E-state index in [0.717, 1.165) is 17.1 Å². The normalized spacial score (nSPS) is 11.7. The van der Waals surface area contributed by atoms with Crippen LogP contribution in [0.1, 0.15) is 25.0 Å². The highest BCUT2D eigenvalue weighted by Gasteiger charge is 2.16. The molecule has 23 heavy (non-hydrogen) atoms. The van der Waals surface area contributed by atoms with Crippen LogP contribution in [0, 0.1) is 13.8 Å². The van der Waals surface area contributed by atoms with E-state index in [0.29, 0.717) is 12.3 Å². The van der Waals surface area contributed by atoms with Gasteiger partial charge in [0.05, 0.1) is 6.61 Å². The molecule has 0 aliphatic rings. The zero-order valence-electron chi connectivity index (χ0n) is 14.1. The highest BCUT2D eigenvalue weighted by Crippen LogP contribution is 2.21. The first-order chi connectivity index (χ1) is 11.0. The lowest BCUT2D eigenvalue weighted by molar-refractivity contribution is -0.122. The largest absolute Gasteiger partial charge is 0.494 e. The van der Waals surface area contributed by atoms with E-state index >= 15 is 0 Å². The van der Waals surface area contributed by atoms with Crippen LogP contribution < -0.4 is 14.8 Å². The molecule has 2 aromatic carbocycles. The molecule has 1 amide bonds. The van der Waals surface area contributed by atoms with E-state index in [2.05, 4.69) is 5.32 Å². The van der Waals surface area contributed by atoms with Gasteiger partial charge in [0.2, 0.25) is 0 Å². The molecule has 0 saturated heterocycles. The Morgan fingerprint density at radius 3 is 2.65 bits per heavy atom. The second-order valence-corrected chi connectivity index (χ2v) is 5.48. The molecule has 2 aromatic rings. The Bertz CT molecular complexity index is 682. The molecule has 2 rings (SSSR count). The predicted octanol–water partition coefficient (Wildman–Crippen LogP) is 4.11. The lowest BCUT2D eigenvalue weighted by Crippen LogP contribution is -2.30. The lowest BCUT2D eigenvalue weighted by Gasteiger charge is -2.17. The monoisotopic (exact) mass is 313 g/mol. The molecule has 0 aliphatic heterocycles. The van der Waals surface area contributed by atoms with Crippen molar-refractivity contribution in [2.24, 2.45) is 0 Å². The van der Waals surface area contributed by atoms with Crippen molar-refractivity contribution >= 4 is 11.6 Å². The maximum atomic E-state index is 12.3. The number of carbonyl (C=O) groups is 1. The number of amides is 1. The molecule has 0 spiro atoms. The standard InChI is InChI=1S/C19H23NO3/c1-5-22-17-8-6-7-16(12-17)20-19(21)15(4)23-18-10-9-13(2)11-14(18)3/h6-12,15H,5H2,1-4H3,(H,20,21)/t15-/m0/s1. The highest BCUT2D eigenvalue weighted by atomic mass is 16.5. The summed E-state index contributed by atoms with van der Waals surface area (Å²) in [5.41, 5.74) is 2.87. The number of hydrogen-bond acceptors (Lipinski definition) is 3. The summed E-state index contributed by atoms with van der Waals surface area (Å²) in [5.74, 6) is 1.26. The Morgan fingerprint density at radius 2 is 1.96 bits per heavy atom. The third-order valence-corrected chi connectivity index (χ3v) is 3.42. The quantitative estimate of drug-likeness (QED) is 0.873. The SMILES string of the molecule is CCOc1cccc(NC(=O)[C@H](C)Oc2ccc(C)cc2C)c1. The number of nitrogens with one attached hydrogen (secondary N) is 1. The molecular formula is C19H23NO3. The van der Waals surface area contributed by atoms with Gasteiger partial charge in [-0.05, 0) is 51.5 Å². The highest BCUT2D eigenvalue weighted by molar-refractivity contribution is 5.94. The maximum Gasteiger partial charge on any atom is 0.265 e. The van der Waals surface area contributed by atoms with Crippen molar-refractivity contribution in [3.8, 4) is 11.5 Å². The summed E-state index contributed by atoms with van der Waals surface area (Å²) in [4.78, 5) is 12.3. The van der Waals surface area contributed by atoms with Crippen LogP contribution in [-0.2, 0) is 4.79 Å². The number of rotatable bonds is 6. The number of anilines is 1. The summed E-state index contributed by atoms with van der Waals surface area (Å²) in [5, 5.41) is 2.85. The molecule has 0 saturated carbocycles. The zero-order chi connectivity index (χ0) is 16.8. The third kappa shape index (κ3) is 4.74. The van der Waals surface area contributed by atoms with Gasteiger partial charge in [0.25, 0.3) is 5.91 Å². The Hall–Kier alpha value is -2.49. The molecule has 0 unspecified atom stereocenters. The van der Waals surface area contributed by atoms with Gasteiger partial charge in [-0.1, -0.05) is 23.8 Å². The first-order valence-corrected chi connectivity index (χ1v) is 7.77. The number of ether oxygens (including phenoxy) is 2. The summed E-state index contributed by atoms with van der Waals surface area (Å²) in [7, 11) is 0. The second-order valence-electron chi connectivity index (χ2n) is 5.48. The summed E-state index contributed by atoms with van der Waals surface area (Å²) in [6.07, 6.45) is -0.591. The van der Waals surface area contributed by atoms with Crippen molar-refractivity contribution in [2.45, 2.75) is 33.8 Å². The van der Waals surface area contributed by atoms with Gasteiger partial charge < -0.3 is 14.8 Å². The van der Waals surface area contributed by atoms with Gasteiger partial charge in [-0.25, -0.2) is 0 Å². The molecule has 0 aromatic heterocycles. The predicted molar refractivity (Wildman–Crippen MR) is 92.2 cm³/mol. The Labute approximate surface area is 137 Å².